The zero-order chi connectivity index (χ0) is 24.6. The number of ether oxygens (including phenoxy) is 1. The van der Waals surface area contributed by atoms with Crippen molar-refractivity contribution in [3.05, 3.63) is 81.2 Å². The predicted molar refractivity (Wildman–Crippen MR) is 130 cm³/mol. The number of halogens is 4. The minimum absolute atomic E-state index is 0.0198. The summed E-state index contributed by atoms with van der Waals surface area (Å²) < 4.78 is 33.0. The van der Waals surface area contributed by atoms with Crippen molar-refractivity contribution >= 4 is 41.1 Å². The van der Waals surface area contributed by atoms with Crippen LogP contribution in [0.4, 0.5) is 13.6 Å². The van der Waals surface area contributed by atoms with E-state index in [1.54, 1.807) is 35.0 Å². The van der Waals surface area contributed by atoms with Gasteiger partial charge in [-0.15, -0.1) is 0 Å². The van der Waals surface area contributed by atoms with Gasteiger partial charge < -0.3 is 14.6 Å². The first kappa shape index (κ1) is 24.8. The van der Waals surface area contributed by atoms with E-state index in [1.165, 1.54) is 24.3 Å². The molecule has 10 heteroatoms. The number of amides is 1. The number of carbonyl (C=O) groups is 1. The maximum atomic E-state index is 13.8. The van der Waals surface area contributed by atoms with Crippen molar-refractivity contribution in [3.63, 3.8) is 0 Å². The van der Waals surface area contributed by atoms with E-state index in [2.05, 4.69) is 4.98 Å². The summed E-state index contributed by atoms with van der Waals surface area (Å²) in [4.78, 5) is 21.7. The highest BCUT2D eigenvalue weighted by molar-refractivity contribution is 8.00. The van der Waals surface area contributed by atoms with Crippen LogP contribution in [0.15, 0.2) is 47.6 Å². The molecule has 1 amide bonds. The second kappa shape index (κ2) is 9.76. The second-order valence-corrected chi connectivity index (χ2v) is 11.2. The summed E-state index contributed by atoms with van der Waals surface area (Å²) in [7, 11) is 0. The normalized spacial score (nSPS) is 14.4. The standard InChI is InChI=1S/C24H23Cl2F2N3O2S/c1-24(2,3)33-23(32)31-11-15(12-31)34-20-10-29-22(30-20)21(13-4-6-18(27)16(25)8-13)14-5-7-19(28)17(26)9-14/h4-10,15,21H,11-12H2,1-3H3,(H,29,30). The Morgan fingerprint density at radius 1 is 1.12 bits per heavy atom. The molecule has 1 aliphatic rings. The number of aromatic nitrogens is 2. The van der Waals surface area contributed by atoms with Gasteiger partial charge in [0.05, 0.1) is 16.0 Å². The molecule has 0 atom stereocenters. The number of likely N-dealkylation sites (tertiary alicyclic amines) is 1. The van der Waals surface area contributed by atoms with Gasteiger partial charge in [-0.05, 0) is 56.2 Å². The van der Waals surface area contributed by atoms with Crippen LogP contribution < -0.4 is 0 Å². The summed E-state index contributed by atoms with van der Waals surface area (Å²) in [6, 6.07) is 8.85. The van der Waals surface area contributed by atoms with Crippen LogP contribution in [0.3, 0.4) is 0 Å². The highest BCUT2D eigenvalue weighted by Crippen LogP contribution is 2.36. The van der Waals surface area contributed by atoms with E-state index in [-0.39, 0.29) is 21.4 Å². The molecule has 180 valence electrons. The van der Waals surface area contributed by atoms with Gasteiger partial charge in [-0.3, -0.25) is 0 Å². The van der Waals surface area contributed by atoms with Crippen LogP contribution in [-0.2, 0) is 4.74 Å². The first-order valence-electron chi connectivity index (χ1n) is 10.6. The molecule has 5 nitrogen and oxygen atoms in total. The molecule has 1 aliphatic heterocycles. The lowest BCUT2D eigenvalue weighted by atomic mass is 9.90. The SMILES string of the molecule is CC(C)(C)OC(=O)N1CC(Sc2c[nH]c(C(c3ccc(F)c(Cl)c3)c3ccc(F)c(Cl)c3)n2)C1. The van der Waals surface area contributed by atoms with Gasteiger partial charge in [-0.25, -0.2) is 18.6 Å². The van der Waals surface area contributed by atoms with Crippen LogP contribution in [0.25, 0.3) is 0 Å². The number of rotatable bonds is 5. The van der Waals surface area contributed by atoms with E-state index in [9.17, 15) is 13.6 Å². The number of carbonyl (C=O) groups excluding carboxylic acids is 1. The van der Waals surface area contributed by atoms with Gasteiger partial charge in [0.25, 0.3) is 0 Å². The summed E-state index contributed by atoms with van der Waals surface area (Å²) in [6.07, 6.45) is 1.45. The topological polar surface area (TPSA) is 58.2 Å². The van der Waals surface area contributed by atoms with Crippen LogP contribution in [0, 0.1) is 11.6 Å². The number of benzene rings is 2. The molecule has 0 spiro atoms. The lowest BCUT2D eigenvalue weighted by Crippen LogP contribution is -2.53. The Kier molecular flexibility index (Phi) is 7.12. The summed E-state index contributed by atoms with van der Waals surface area (Å²) in [6.45, 7) is 6.63. The summed E-state index contributed by atoms with van der Waals surface area (Å²) >= 11 is 13.6. The number of H-pyrrole nitrogens is 1. The number of aromatic amines is 1. The van der Waals surface area contributed by atoms with Gasteiger partial charge in [0.15, 0.2) is 0 Å². The van der Waals surface area contributed by atoms with Gasteiger partial charge in [0, 0.05) is 24.5 Å². The molecule has 0 aliphatic carbocycles. The van der Waals surface area contributed by atoms with Crippen molar-refractivity contribution in [2.45, 2.75) is 42.6 Å². The molecule has 1 aromatic heterocycles. The highest BCUT2D eigenvalue weighted by atomic mass is 35.5. The van der Waals surface area contributed by atoms with Crippen molar-refractivity contribution in [1.29, 1.82) is 0 Å². The number of imidazole rings is 1. The molecule has 0 radical (unpaired) electrons. The van der Waals surface area contributed by atoms with E-state index in [0.717, 1.165) is 5.03 Å². The van der Waals surface area contributed by atoms with E-state index in [4.69, 9.17) is 32.9 Å². The summed E-state index contributed by atoms with van der Waals surface area (Å²) in [5.74, 6) is -0.950. The van der Waals surface area contributed by atoms with Crippen molar-refractivity contribution in [3.8, 4) is 0 Å². The zero-order valence-corrected chi connectivity index (χ0v) is 21.1. The van der Waals surface area contributed by atoms with Crippen molar-refractivity contribution < 1.29 is 18.3 Å². The van der Waals surface area contributed by atoms with E-state index in [0.29, 0.717) is 30.0 Å². The number of thioether (sulfide) groups is 1. The lowest BCUT2D eigenvalue weighted by Gasteiger charge is -2.38. The average molecular weight is 526 g/mol. The molecule has 3 aromatic rings. The molecular formula is C24H23Cl2F2N3O2S. The van der Waals surface area contributed by atoms with Crippen LogP contribution in [0.1, 0.15) is 43.6 Å². The summed E-state index contributed by atoms with van der Waals surface area (Å²) in [5.41, 5.74) is 0.827. The molecule has 0 unspecified atom stereocenters. The molecule has 1 fully saturated rings. The number of nitrogens with one attached hydrogen (secondary N) is 1. The van der Waals surface area contributed by atoms with Crippen molar-refractivity contribution in [2.75, 3.05) is 13.1 Å². The third-order valence-corrected chi connectivity index (χ3v) is 6.85. The van der Waals surface area contributed by atoms with Gasteiger partial charge in [-0.2, -0.15) is 0 Å². The molecule has 2 aromatic carbocycles. The van der Waals surface area contributed by atoms with E-state index < -0.39 is 23.2 Å². The maximum Gasteiger partial charge on any atom is 0.410 e. The third-order valence-electron chi connectivity index (χ3n) is 5.19. The Balaban J connectivity index is 1.53. The Hall–Kier alpha value is -2.29. The lowest BCUT2D eigenvalue weighted by molar-refractivity contribution is 0.0144. The zero-order valence-electron chi connectivity index (χ0n) is 18.7. The van der Waals surface area contributed by atoms with Gasteiger partial charge >= 0.3 is 6.09 Å². The number of nitrogens with zero attached hydrogens (tertiary/aromatic N) is 2. The fourth-order valence-electron chi connectivity index (χ4n) is 3.58. The first-order chi connectivity index (χ1) is 16.0. The Bertz CT molecular complexity index is 1160. The molecule has 1 N–H and O–H groups in total. The van der Waals surface area contributed by atoms with Gasteiger partial charge in [0.1, 0.15) is 28.1 Å². The quantitative estimate of drug-likeness (QED) is 0.394. The second-order valence-electron chi connectivity index (χ2n) is 9.03. The van der Waals surface area contributed by atoms with Crippen LogP contribution in [0.2, 0.25) is 10.0 Å². The molecule has 2 heterocycles. The smallest absolute Gasteiger partial charge is 0.410 e. The Morgan fingerprint density at radius 3 is 2.18 bits per heavy atom. The van der Waals surface area contributed by atoms with Crippen LogP contribution in [-0.4, -0.2) is 44.9 Å². The largest absolute Gasteiger partial charge is 0.444 e. The first-order valence-corrected chi connectivity index (χ1v) is 12.2. The molecule has 0 saturated carbocycles. The minimum atomic E-state index is -0.534. The third kappa shape index (κ3) is 5.67. The maximum absolute atomic E-state index is 13.8. The molecule has 34 heavy (non-hydrogen) atoms. The molecule has 4 rings (SSSR count). The van der Waals surface area contributed by atoms with Crippen molar-refractivity contribution in [2.24, 2.45) is 0 Å². The highest BCUT2D eigenvalue weighted by Gasteiger charge is 2.35. The van der Waals surface area contributed by atoms with Crippen LogP contribution >= 0.6 is 35.0 Å². The molecule has 1 saturated heterocycles. The fourth-order valence-corrected chi connectivity index (χ4v) is 5.08. The van der Waals surface area contributed by atoms with Gasteiger partial charge in [-0.1, -0.05) is 47.1 Å². The predicted octanol–water partition coefficient (Wildman–Crippen LogP) is 6.89. The van der Waals surface area contributed by atoms with Gasteiger partial charge in [0.2, 0.25) is 0 Å². The average Bonchev–Trinajstić information content (AvgIpc) is 3.16. The monoisotopic (exact) mass is 525 g/mol. The number of hydrogen-bond acceptors (Lipinski definition) is 4. The summed E-state index contributed by atoms with van der Waals surface area (Å²) in [5, 5.41) is 0.889. The van der Waals surface area contributed by atoms with Crippen molar-refractivity contribution in [1.82, 2.24) is 14.9 Å². The van der Waals surface area contributed by atoms with E-state index >= 15 is 0 Å². The minimum Gasteiger partial charge on any atom is -0.444 e. The fraction of sp³-hybridized carbons (Fsp3) is 0.333. The molecule has 0 bridgehead atoms. The van der Waals surface area contributed by atoms with Crippen LogP contribution in [0.5, 0.6) is 0 Å². The Morgan fingerprint density at radius 2 is 1.68 bits per heavy atom. The number of hydrogen-bond donors (Lipinski definition) is 1. The van der Waals surface area contributed by atoms with E-state index in [1.807, 2.05) is 20.8 Å². The Labute approximate surface area is 210 Å². The molecular weight excluding hydrogens is 503 g/mol.